The predicted molar refractivity (Wildman–Crippen MR) is 105 cm³/mol. The fourth-order valence-electron chi connectivity index (χ4n) is 2.88. The van der Waals surface area contributed by atoms with Crippen molar-refractivity contribution < 1.29 is 23.7 Å². The maximum Gasteiger partial charge on any atom is 0.231 e. The third-order valence-corrected chi connectivity index (χ3v) is 5.54. The summed E-state index contributed by atoms with van der Waals surface area (Å²) in [5.74, 6) is 1.90. The van der Waals surface area contributed by atoms with Gasteiger partial charge in [0.15, 0.2) is 22.5 Å². The topological polar surface area (TPSA) is 78.6 Å². The molecule has 0 spiro atoms. The summed E-state index contributed by atoms with van der Waals surface area (Å²) in [6.07, 6.45) is -0.678. The first-order chi connectivity index (χ1) is 14.1. The number of rotatable bonds is 8. The molecule has 0 amide bonds. The molecule has 1 aromatic heterocycles. The molecule has 1 N–H and O–H groups in total. The Bertz CT molecular complexity index is 998. The van der Waals surface area contributed by atoms with Crippen molar-refractivity contribution in [2.45, 2.75) is 17.9 Å². The Balaban J connectivity index is 1.27. The number of fused-ring (bicyclic) bond motifs is 1. The molecule has 152 valence electrons. The maximum atomic E-state index is 14.0. The van der Waals surface area contributed by atoms with Crippen LogP contribution in [0.3, 0.4) is 0 Å². The number of benzene rings is 2. The molecular weight excluding hydrogens is 397 g/mol. The smallest absolute Gasteiger partial charge is 0.231 e. The fourth-order valence-corrected chi connectivity index (χ4v) is 3.70. The van der Waals surface area contributed by atoms with E-state index in [0.29, 0.717) is 34.7 Å². The summed E-state index contributed by atoms with van der Waals surface area (Å²) in [4.78, 5) is 0. The Morgan fingerprint density at radius 1 is 1.21 bits per heavy atom. The second-order valence-electron chi connectivity index (χ2n) is 6.51. The number of ether oxygens (including phenoxy) is 3. The lowest BCUT2D eigenvalue weighted by molar-refractivity contribution is 0.0397. The SMILES string of the molecule is Cn1c(SC[C@H](O)COCc2ccc3c(c2)OCO3)nnc1-c1ccccc1F. The summed E-state index contributed by atoms with van der Waals surface area (Å²) in [5.41, 5.74) is 1.33. The summed E-state index contributed by atoms with van der Waals surface area (Å²) >= 11 is 1.34. The van der Waals surface area contributed by atoms with E-state index in [9.17, 15) is 9.50 Å². The van der Waals surface area contributed by atoms with E-state index in [0.717, 1.165) is 11.3 Å². The average molecular weight is 417 g/mol. The molecule has 1 atom stereocenters. The van der Waals surface area contributed by atoms with Crippen LogP contribution in [0.25, 0.3) is 11.4 Å². The number of aliphatic hydroxyl groups excluding tert-OH is 1. The molecule has 0 saturated carbocycles. The number of thioether (sulfide) groups is 1. The van der Waals surface area contributed by atoms with Gasteiger partial charge < -0.3 is 23.9 Å². The Labute approximate surface area is 171 Å². The van der Waals surface area contributed by atoms with Crippen molar-refractivity contribution >= 4 is 11.8 Å². The van der Waals surface area contributed by atoms with Gasteiger partial charge in [-0.2, -0.15) is 0 Å². The van der Waals surface area contributed by atoms with Crippen molar-refractivity contribution in [3.63, 3.8) is 0 Å². The van der Waals surface area contributed by atoms with Crippen molar-refractivity contribution in [1.82, 2.24) is 14.8 Å². The molecule has 1 aliphatic rings. The summed E-state index contributed by atoms with van der Waals surface area (Å²) in [6.45, 7) is 0.773. The average Bonchev–Trinajstić information content (AvgIpc) is 3.33. The summed E-state index contributed by atoms with van der Waals surface area (Å²) < 4.78 is 31.9. The minimum absolute atomic E-state index is 0.180. The Morgan fingerprint density at radius 3 is 2.90 bits per heavy atom. The van der Waals surface area contributed by atoms with Crippen molar-refractivity contribution in [2.75, 3.05) is 19.2 Å². The molecule has 2 heterocycles. The normalized spacial score (nSPS) is 13.6. The third kappa shape index (κ3) is 4.52. The standard InChI is InChI=1S/C20H20FN3O4S/c1-24-19(15-4-2-3-5-16(15)21)22-23-20(24)29-11-14(25)10-26-9-13-6-7-17-18(8-13)28-12-27-17/h2-8,14,25H,9-12H2,1H3/t14-/m1/s1. The second-order valence-corrected chi connectivity index (χ2v) is 7.50. The van der Waals surface area contributed by atoms with Gasteiger partial charge in [0, 0.05) is 12.8 Å². The fraction of sp³-hybridized carbons (Fsp3) is 0.300. The van der Waals surface area contributed by atoms with Crippen LogP contribution in [0.1, 0.15) is 5.56 Å². The van der Waals surface area contributed by atoms with Crippen molar-refractivity contribution in [3.05, 3.63) is 53.8 Å². The van der Waals surface area contributed by atoms with Gasteiger partial charge in [-0.05, 0) is 29.8 Å². The molecular formula is C20H20FN3O4S. The van der Waals surface area contributed by atoms with Crippen LogP contribution in [-0.4, -0.2) is 45.1 Å². The number of hydrogen-bond donors (Lipinski definition) is 1. The van der Waals surface area contributed by atoms with Crippen molar-refractivity contribution in [3.8, 4) is 22.9 Å². The number of hydrogen-bond acceptors (Lipinski definition) is 7. The van der Waals surface area contributed by atoms with Crippen LogP contribution >= 0.6 is 11.8 Å². The summed E-state index contributed by atoms with van der Waals surface area (Å²) in [5, 5.41) is 19.0. The van der Waals surface area contributed by atoms with E-state index in [-0.39, 0.29) is 19.2 Å². The summed E-state index contributed by atoms with van der Waals surface area (Å²) in [7, 11) is 1.77. The first-order valence-corrected chi connectivity index (χ1v) is 10.0. The number of aliphatic hydroxyl groups is 1. The van der Waals surface area contributed by atoms with Gasteiger partial charge in [-0.15, -0.1) is 10.2 Å². The zero-order chi connectivity index (χ0) is 20.2. The van der Waals surface area contributed by atoms with E-state index in [1.807, 2.05) is 18.2 Å². The van der Waals surface area contributed by atoms with Gasteiger partial charge in [0.05, 0.1) is 24.9 Å². The van der Waals surface area contributed by atoms with E-state index in [4.69, 9.17) is 14.2 Å². The van der Waals surface area contributed by atoms with Crippen molar-refractivity contribution in [2.24, 2.45) is 7.05 Å². The molecule has 1 aliphatic heterocycles. The first kappa shape index (κ1) is 19.7. The highest BCUT2D eigenvalue weighted by molar-refractivity contribution is 7.99. The van der Waals surface area contributed by atoms with Crippen LogP contribution in [0.15, 0.2) is 47.6 Å². The zero-order valence-corrected chi connectivity index (χ0v) is 16.6. The third-order valence-electron chi connectivity index (χ3n) is 4.37. The van der Waals surface area contributed by atoms with Crippen LogP contribution in [-0.2, 0) is 18.4 Å². The molecule has 0 saturated heterocycles. The van der Waals surface area contributed by atoms with Crippen LogP contribution in [0.2, 0.25) is 0 Å². The van der Waals surface area contributed by atoms with Gasteiger partial charge >= 0.3 is 0 Å². The van der Waals surface area contributed by atoms with Gasteiger partial charge in [0.25, 0.3) is 0 Å². The molecule has 2 aromatic carbocycles. The monoisotopic (exact) mass is 417 g/mol. The first-order valence-electron chi connectivity index (χ1n) is 9.03. The number of aromatic nitrogens is 3. The van der Waals surface area contributed by atoms with Gasteiger partial charge in [-0.3, -0.25) is 0 Å². The molecule has 7 nitrogen and oxygen atoms in total. The van der Waals surface area contributed by atoms with E-state index in [1.54, 1.807) is 29.8 Å². The van der Waals surface area contributed by atoms with Gasteiger partial charge in [-0.1, -0.05) is 30.0 Å². The molecule has 4 rings (SSSR count). The molecule has 9 heteroatoms. The van der Waals surface area contributed by atoms with E-state index in [2.05, 4.69) is 10.2 Å². The minimum Gasteiger partial charge on any atom is -0.454 e. The quantitative estimate of drug-likeness (QED) is 0.565. The van der Waals surface area contributed by atoms with Gasteiger partial charge in [-0.25, -0.2) is 4.39 Å². The van der Waals surface area contributed by atoms with Crippen molar-refractivity contribution in [1.29, 1.82) is 0 Å². The zero-order valence-electron chi connectivity index (χ0n) is 15.7. The molecule has 3 aromatic rings. The largest absolute Gasteiger partial charge is 0.454 e. The number of halogens is 1. The van der Waals surface area contributed by atoms with Crippen LogP contribution in [0, 0.1) is 5.82 Å². The van der Waals surface area contributed by atoms with Crippen LogP contribution in [0.4, 0.5) is 4.39 Å². The van der Waals surface area contributed by atoms with Gasteiger partial charge in [0.2, 0.25) is 6.79 Å². The molecule has 0 unspecified atom stereocenters. The lowest BCUT2D eigenvalue weighted by Gasteiger charge is -2.11. The van der Waals surface area contributed by atoms with E-state index >= 15 is 0 Å². The second kappa shape index (κ2) is 8.81. The molecule has 0 aliphatic carbocycles. The van der Waals surface area contributed by atoms with Gasteiger partial charge in [0.1, 0.15) is 5.82 Å². The maximum absolute atomic E-state index is 14.0. The minimum atomic E-state index is -0.678. The Morgan fingerprint density at radius 2 is 2.03 bits per heavy atom. The summed E-state index contributed by atoms with van der Waals surface area (Å²) in [6, 6.07) is 12.0. The number of nitrogens with zero attached hydrogens (tertiary/aromatic N) is 3. The van der Waals surface area contributed by atoms with E-state index in [1.165, 1.54) is 17.8 Å². The van der Waals surface area contributed by atoms with Crippen LogP contribution < -0.4 is 9.47 Å². The lowest BCUT2D eigenvalue weighted by atomic mass is 10.2. The molecule has 0 fully saturated rings. The molecule has 0 bridgehead atoms. The molecule has 0 radical (unpaired) electrons. The highest BCUT2D eigenvalue weighted by Crippen LogP contribution is 2.32. The Hall–Kier alpha value is -2.62. The van der Waals surface area contributed by atoms with E-state index < -0.39 is 6.10 Å². The lowest BCUT2D eigenvalue weighted by Crippen LogP contribution is -2.18. The highest BCUT2D eigenvalue weighted by atomic mass is 32.2. The predicted octanol–water partition coefficient (Wildman–Crippen LogP) is 3.02. The Kier molecular flexibility index (Phi) is 5.98. The van der Waals surface area contributed by atoms with Crippen LogP contribution in [0.5, 0.6) is 11.5 Å². The molecule has 29 heavy (non-hydrogen) atoms. The highest BCUT2D eigenvalue weighted by Gasteiger charge is 2.16.